The van der Waals surface area contributed by atoms with Crippen LogP contribution in [0.15, 0.2) is 18.3 Å². The normalized spacial score (nSPS) is 9.57. The molecule has 0 amide bonds. The van der Waals surface area contributed by atoms with Crippen molar-refractivity contribution in [1.29, 1.82) is 0 Å². The minimum Gasteiger partial charge on any atom is -0.265 e. The molecule has 0 saturated carbocycles. The van der Waals surface area contributed by atoms with Gasteiger partial charge in [0.1, 0.15) is 0 Å². The third-order valence-electron chi connectivity index (χ3n) is 3.32. The molecule has 1 aromatic heterocycles. The van der Waals surface area contributed by atoms with E-state index < -0.39 is 0 Å². The van der Waals surface area contributed by atoms with Crippen molar-refractivity contribution in [2.45, 2.75) is 46.1 Å². The van der Waals surface area contributed by atoms with Crippen molar-refractivity contribution in [3.05, 3.63) is 35.3 Å². The zero-order valence-electron chi connectivity index (χ0n) is 12.4. The fourth-order valence-corrected chi connectivity index (χ4v) is 2.23. The first-order valence-electron chi connectivity index (χ1n) is 7.06. The van der Waals surface area contributed by atoms with Gasteiger partial charge in [-0.25, -0.2) is 4.85 Å². The Balaban J connectivity index is 0.000000677. The number of hydrogen-bond acceptors (Lipinski definition) is 3. The van der Waals surface area contributed by atoms with Crippen molar-refractivity contribution in [1.82, 2.24) is 9.78 Å². The second kappa shape index (κ2) is 8.68. The van der Waals surface area contributed by atoms with Crippen molar-refractivity contribution in [3.8, 4) is 0 Å². The number of rotatable bonds is 5. The molecule has 1 heterocycles. The highest BCUT2D eigenvalue weighted by molar-refractivity contribution is 5.84. The van der Waals surface area contributed by atoms with Gasteiger partial charge >= 0.3 is 6.15 Å². The van der Waals surface area contributed by atoms with Crippen molar-refractivity contribution in [3.63, 3.8) is 0 Å². The summed E-state index contributed by atoms with van der Waals surface area (Å²) in [4.78, 5) is 19.8. The van der Waals surface area contributed by atoms with Crippen molar-refractivity contribution < 1.29 is 9.59 Å². The zero-order chi connectivity index (χ0) is 15.7. The Hall–Kier alpha value is -2.44. The van der Waals surface area contributed by atoms with Crippen LogP contribution in [0, 0.1) is 6.57 Å². The van der Waals surface area contributed by atoms with Crippen LogP contribution in [0.5, 0.6) is 0 Å². The van der Waals surface area contributed by atoms with Crippen LogP contribution in [0.2, 0.25) is 0 Å². The van der Waals surface area contributed by atoms with Crippen LogP contribution in [-0.4, -0.2) is 15.9 Å². The molecule has 0 aliphatic heterocycles. The molecule has 0 aliphatic rings. The molecule has 0 radical (unpaired) electrons. The SMILES string of the molecule is O=C=O.[C-]#[N+]c1cc2cnn(CCCCC)c2cc1CC. The average molecular weight is 285 g/mol. The van der Waals surface area contributed by atoms with Gasteiger partial charge in [0.2, 0.25) is 0 Å². The number of aryl methyl sites for hydroxylation is 2. The lowest BCUT2D eigenvalue weighted by molar-refractivity contribution is -0.191. The molecule has 21 heavy (non-hydrogen) atoms. The first-order valence-corrected chi connectivity index (χ1v) is 7.06. The second-order valence-electron chi connectivity index (χ2n) is 4.66. The van der Waals surface area contributed by atoms with E-state index in [0.717, 1.165) is 35.1 Å². The van der Waals surface area contributed by atoms with Crippen LogP contribution in [-0.2, 0) is 22.6 Å². The maximum Gasteiger partial charge on any atom is 0.373 e. The third-order valence-corrected chi connectivity index (χ3v) is 3.32. The number of unbranched alkanes of at least 4 members (excludes halogenated alkanes) is 2. The molecule has 0 bridgehead atoms. The Morgan fingerprint density at radius 1 is 1.29 bits per heavy atom. The molecule has 5 nitrogen and oxygen atoms in total. The van der Waals surface area contributed by atoms with Crippen LogP contribution in [0.1, 0.15) is 38.7 Å². The molecule has 0 unspecified atom stereocenters. The van der Waals surface area contributed by atoms with Crippen LogP contribution in [0.25, 0.3) is 15.7 Å². The number of carbonyl (C=O) groups excluding carboxylic acids is 2. The molecule has 110 valence electrons. The highest BCUT2D eigenvalue weighted by Gasteiger charge is 2.07. The van der Waals surface area contributed by atoms with E-state index in [1.807, 2.05) is 12.3 Å². The van der Waals surface area contributed by atoms with Gasteiger partial charge in [0.15, 0.2) is 5.69 Å². The highest BCUT2D eigenvalue weighted by Crippen LogP contribution is 2.27. The van der Waals surface area contributed by atoms with E-state index in [1.54, 1.807) is 0 Å². The Morgan fingerprint density at radius 3 is 2.57 bits per heavy atom. The third kappa shape index (κ3) is 4.27. The molecular weight excluding hydrogens is 266 g/mol. The Morgan fingerprint density at radius 2 is 2.00 bits per heavy atom. The molecule has 5 heteroatoms. The molecule has 2 rings (SSSR count). The summed E-state index contributed by atoms with van der Waals surface area (Å²) in [5.74, 6) is 0. The molecule has 2 aromatic rings. The largest absolute Gasteiger partial charge is 0.373 e. The lowest BCUT2D eigenvalue weighted by Crippen LogP contribution is -1.99. The standard InChI is InChI=1S/C15H19N3.CO2/c1-4-6-7-8-18-15-10-12(5-2)14(16-3)9-13(15)11-17-18;2-1-3/h9-11H,4-8H2,1-2H3;. The Bertz CT molecular complexity index is 662. The van der Waals surface area contributed by atoms with E-state index in [0.29, 0.717) is 0 Å². The first kappa shape index (κ1) is 16.6. The zero-order valence-corrected chi connectivity index (χ0v) is 12.4. The van der Waals surface area contributed by atoms with Gasteiger partial charge in [0.05, 0.1) is 18.3 Å². The molecule has 0 spiro atoms. The van der Waals surface area contributed by atoms with Gasteiger partial charge < -0.3 is 0 Å². The molecule has 0 aliphatic carbocycles. The van der Waals surface area contributed by atoms with Crippen molar-refractivity contribution in [2.24, 2.45) is 0 Å². The van der Waals surface area contributed by atoms with E-state index in [-0.39, 0.29) is 6.15 Å². The highest BCUT2D eigenvalue weighted by atomic mass is 16.2. The number of aromatic nitrogens is 2. The van der Waals surface area contributed by atoms with Gasteiger partial charge in [-0.3, -0.25) is 4.68 Å². The molecule has 0 atom stereocenters. The summed E-state index contributed by atoms with van der Waals surface area (Å²) in [6.07, 6.45) is 6.64. The summed E-state index contributed by atoms with van der Waals surface area (Å²) in [7, 11) is 0. The first-order chi connectivity index (χ1) is 10.2. The molecular formula is C16H19N3O2. The molecule has 0 saturated heterocycles. The molecule has 1 aromatic carbocycles. The van der Waals surface area contributed by atoms with Gasteiger partial charge in [-0.2, -0.15) is 14.7 Å². The predicted molar refractivity (Wildman–Crippen MR) is 79.9 cm³/mol. The fourth-order valence-electron chi connectivity index (χ4n) is 2.23. The van der Waals surface area contributed by atoms with Crippen LogP contribution in [0.3, 0.4) is 0 Å². The van der Waals surface area contributed by atoms with Crippen molar-refractivity contribution >= 4 is 22.7 Å². The Labute approximate surface area is 124 Å². The summed E-state index contributed by atoms with van der Waals surface area (Å²) < 4.78 is 2.07. The van der Waals surface area contributed by atoms with Crippen LogP contribution >= 0.6 is 0 Å². The maximum atomic E-state index is 8.12. The number of hydrogen-bond donors (Lipinski definition) is 0. The second-order valence-corrected chi connectivity index (χ2v) is 4.66. The van der Waals surface area contributed by atoms with Gasteiger partial charge in [0, 0.05) is 11.9 Å². The van der Waals surface area contributed by atoms with E-state index in [2.05, 4.69) is 34.5 Å². The van der Waals surface area contributed by atoms with E-state index in [1.165, 1.54) is 19.3 Å². The minimum absolute atomic E-state index is 0.250. The van der Waals surface area contributed by atoms with E-state index in [4.69, 9.17) is 16.2 Å². The summed E-state index contributed by atoms with van der Waals surface area (Å²) in [5, 5.41) is 5.51. The van der Waals surface area contributed by atoms with E-state index in [9.17, 15) is 0 Å². The fraction of sp³-hybridized carbons (Fsp3) is 0.438. The van der Waals surface area contributed by atoms with Gasteiger partial charge in [0.25, 0.3) is 0 Å². The smallest absolute Gasteiger partial charge is 0.265 e. The Kier molecular flexibility index (Phi) is 6.86. The summed E-state index contributed by atoms with van der Waals surface area (Å²) in [6, 6.07) is 4.09. The van der Waals surface area contributed by atoms with Crippen LogP contribution < -0.4 is 0 Å². The number of fused-ring (bicyclic) bond motifs is 1. The topological polar surface area (TPSA) is 56.3 Å². The summed E-state index contributed by atoms with van der Waals surface area (Å²) in [5.41, 5.74) is 3.04. The average Bonchev–Trinajstić information content (AvgIpc) is 2.89. The predicted octanol–water partition coefficient (Wildman–Crippen LogP) is 3.76. The number of nitrogens with zero attached hydrogens (tertiary/aromatic N) is 3. The minimum atomic E-state index is 0.250. The lowest BCUT2D eigenvalue weighted by atomic mass is 10.1. The van der Waals surface area contributed by atoms with Gasteiger partial charge in [-0.05, 0) is 30.5 Å². The van der Waals surface area contributed by atoms with Crippen LogP contribution in [0.4, 0.5) is 5.69 Å². The van der Waals surface area contributed by atoms with Gasteiger partial charge in [-0.1, -0.05) is 26.7 Å². The summed E-state index contributed by atoms with van der Waals surface area (Å²) in [6.45, 7) is 12.5. The number of benzene rings is 1. The van der Waals surface area contributed by atoms with E-state index >= 15 is 0 Å². The molecule has 0 N–H and O–H groups in total. The quantitative estimate of drug-likeness (QED) is 0.621. The van der Waals surface area contributed by atoms with Gasteiger partial charge in [-0.15, -0.1) is 0 Å². The molecule has 0 fully saturated rings. The monoisotopic (exact) mass is 285 g/mol. The maximum absolute atomic E-state index is 8.12. The summed E-state index contributed by atoms with van der Waals surface area (Å²) >= 11 is 0. The lowest BCUT2D eigenvalue weighted by Gasteiger charge is -2.05. The van der Waals surface area contributed by atoms with Crippen molar-refractivity contribution in [2.75, 3.05) is 0 Å².